The van der Waals surface area contributed by atoms with Crippen LogP contribution in [0.15, 0.2) is 52.9 Å². The summed E-state index contributed by atoms with van der Waals surface area (Å²) in [6.07, 6.45) is 0. The molecule has 0 aliphatic rings. The zero-order chi connectivity index (χ0) is 13.4. The Balaban J connectivity index is 2.13. The van der Waals surface area contributed by atoms with Gasteiger partial charge in [-0.25, -0.2) is 4.39 Å². The lowest BCUT2D eigenvalue weighted by molar-refractivity contribution is 0.101. The van der Waals surface area contributed by atoms with E-state index in [1.54, 1.807) is 18.2 Å². The van der Waals surface area contributed by atoms with Crippen LogP contribution in [-0.2, 0) is 0 Å². The Bertz CT molecular complexity index is 723. The number of carbonyl (C=O) groups is 1. The van der Waals surface area contributed by atoms with E-state index in [0.29, 0.717) is 5.58 Å². The molecule has 4 heteroatoms. The van der Waals surface area contributed by atoms with Crippen molar-refractivity contribution in [3.63, 3.8) is 0 Å². The summed E-state index contributed by atoms with van der Waals surface area (Å²) < 4.78 is 19.1. The molecule has 0 N–H and O–H groups in total. The Morgan fingerprint density at radius 2 is 1.89 bits per heavy atom. The molecule has 1 aromatic heterocycles. The predicted molar refractivity (Wildman–Crippen MR) is 71.1 cm³/mol. The van der Waals surface area contributed by atoms with Gasteiger partial charge in [-0.1, -0.05) is 35.9 Å². The molecule has 0 radical (unpaired) electrons. The Morgan fingerprint density at radius 3 is 2.63 bits per heavy atom. The van der Waals surface area contributed by atoms with Gasteiger partial charge >= 0.3 is 0 Å². The van der Waals surface area contributed by atoms with Crippen molar-refractivity contribution < 1.29 is 13.6 Å². The Kier molecular flexibility index (Phi) is 2.84. The third-order valence-corrected chi connectivity index (χ3v) is 3.15. The topological polar surface area (TPSA) is 30.2 Å². The summed E-state index contributed by atoms with van der Waals surface area (Å²) in [4.78, 5) is 12.2. The number of fused-ring (bicyclic) bond motifs is 1. The van der Waals surface area contributed by atoms with E-state index in [1.165, 1.54) is 18.2 Å². The number of ketones is 1. The first-order valence-electron chi connectivity index (χ1n) is 5.64. The number of para-hydroxylation sites is 1. The highest BCUT2D eigenvalue weighted by atomic mass is 35.5. The lowest BCUT2D eigenvalue weighted by Gasteiger charge is -2.02. The molecule has 0 saturated carbocycles. The number of hydrogen-bond acceptors (Lipinski definition) is 2. The van der Waals surface area contributed by atoms with Gasteiger partial charge in [-0.3, -0.25) is 4.79 Å². The smallest absolute Gasteiger partial charge is 0.232 e. The summed E-state index contributed by atoms with van der Waals surface area (Å²) in [6.45, 7) is 0. The molecule has 0 saturated heterocycles. The number of benzene rings is 2. The van der Waals surface area contributed by atoms with Gasteiger partial charge < -0.3 is 4.42 Å². The van der Waals surface area contributed by atoms with Gasteiger partial charge in [-0.15, -0.1) is 0 Å². The van der Waals surface area contributed by atoms with Crippen molar-refractivity contribution in [2.24, 2.45) is 0 Å². The SMILES string of the molecule is O=C(c1cc2ccccc2o1)c1c(F)cccc1Cl. The number of carbonyl (C=O) groups excluding carboxylic acids is 1. The molecule has 0 unspecified atom stereocenters. The second kappa shape index (κ2) is 4.52. The molecule has 0 fully saturated rings. The molecular formula is C15H8ClFO2. The van der Waals surface area contributed by atoms with Gasteiger partial charge in [0.25, 0.3) is 0 Å². The minimum Gasteiger partial charge on any atom is -0.453 e. The van der Waals surface area contributed by atoms with Crippen molar-refractivity contribution >= 4 is 28.4 Å². The van der Waals surface area contributed by atoms with Crippen molar-refractivity contribution in [3.8, 4) is 0 Å². The summed E-state index contributed by atoms with van der Waals surface area (Å²) in [5, 5.41) is 0.865. The van der Waals surface area contributed by atoms with E-state index in [2.05, 4.69) is 0 Å². The van der Waals surface area contributed by atoms with Crippen LogP contribution in [0.1, 0.15) is 16.1 Å². The fourth-order valence-electron chi connectivity index (χ4n) is 1.93. The molecule has 0 aliphatic carbocycles. The largest absolute Gasteiger partial charge is 0.453 e. The Labute approximate surface area is 113 Å². The third kappa shape index (κ3) is 2.02. The average molecular weight is 275 g/mol. The van der Waals surface area contributed by atoms with E-state index in [-0.39, 0.29) is 16.3 Å². The molecule has 3 rings (SSSR count). The molecule has 2 nitrogen and oxygen atoms in total. The highest BCUT2D eigenvalue weighted by Gasteiger charge is 2.20. The summed E-state index contributed by atoms with van der Waals surface area (Å²) in [7, 11) is 0. The molecule has 0 bridgehead atoms. The predicted octanol–water partition coefficient (Wildman–Crippen LogP) is 4.46. The van der Waals surface area contributed by atoms with E-state index in [9.17, 15) is 9.18 Å². The summed E-state index contributed by atoms with van der Waals surface area (Å²) in [6, 6.07) is 12.9. The molecule has 19 heavy (non-hydrogen) atoms. The third-order valence-electron chi connectivity index (χ3n) is 2.84. The first kappa shape index (κ1) is 11.9. The van der Waals surface area contributed by atoms with Crippen LogP contribution in [0, 0.1) is 5.82 Å². The zero-order valence-electron chi connectivity index (χ0n) is 9.69. The highest BCUT2D eigenvalue weighted by molar-refractivity contribution is 6.34. The first-order valence-corrected chi connectivity index (χ1v) is 6.02. The zero-order valence-corrected chi connectivity index (χ0v) is 10.4. The van der Waals surface area contributed by atoms with E-state index < -0.39 is 11.6 Å². The van der Waals surface area contributed by atoms with Crippen molar-refractivity contribution in [1.29, 1.82) is 0 Å². The molecule has 0 amide bonds. The van der Waals surface area contributed by atoms with Gasteiger partial charge in [0.15, 0.2) is 5.76 Å². The first-order chi connectivity index (χ1) is 9.16. The van der Waals surface area contributed by atoms with Crippen LogP contribution in [0.3, 0.4) is 0 Å². The summed E-state index contributed by atoms with van der Waals surface area (Å²) >= 11 is 5.87. The van der Waals surface area contributed by atoms with Crippen LogP contribution >= 0.6 is 11.6 Å². The van der Waals surface area contributed by atoms with Gasteiger partial charge in [0.05, 0.1) is 10.6 Å². The maximum atomic E-state index is 13.7. The van der Waals surface area contributed by atoms with E-state index >= 15 is 0 Å². The van der Waals surface area contributed by atoms with Crippen LogP contribution in [-0.4, -0.2) is 5.78 Å². The van der Waals surface area contributed by atoms with Crippen LogP contribution in [0.2, 0.25) is 5.02 Å². The number of halogens is 2. The Morgan fingerprint density at radius 1 is 1.11 bits per heavy atom. The maximum Gasteiger partial charge on any atom is 0.232 e. The van der Waals surface area contributed by atoms with E-state index in [4.69, 9.17) is 16.0 Å². The lowest BCUT2D eigenvalue weighted by Crippen LogP contribution is -2.03. The molecular weight excluding hydrogens is 267 g/mol. The fourth-order valence-corrected chi connectivity index (χ4v) is 2.18. The molecule has 1 heterocycles. The van der Waals surface area contributed by atoms with E-state index in [0.717, 1.165) is 5.39 Å². The monoisotopic (exact) mass is 274 g/mol. The molecule has 94 valence electrons. The van der Waals surface area contributed by atoms with Crippen LogP contribution in [0.4, 0.5) is 4.39 Å². The number of furan rings is 1. The van der Waals surface area contributed by atoms with Crippen LogP contribution < -0.4 is 0 Å². The minimum absolute atomic E-state index is 0.0745. The summed E-state index contributed by atoms with van der Waals surface area (Å²) in [5.41, 5.74) is 0.418. The number of hydrogen-bond donors (Lipinski definition) is 0. The molecule has 0 atom stereocenters. The summed E-state index contributed by atoms with van der Waals surface area (Å²) in [5.74, 6) is -1.13. The quantitative estimate of drug-likeness (QED) is 0.646. The van der Waals surface area contributed by atoms with Gasteiger partial charge in [0.2, 0.25) is 5.78 Å². The van der Waals surface area contributed by atoms with Gasteiger partial charge in [-0.05, 0) is 24.3 Å². The van der Waals surface area contributed by atoms with Crippen LogP contribution in [0.25, 0.3) is 11.0 Å². The highest BCUT2D eigenvalue weighted by Crippen LogP contribution is 2.26. The van der Waals surface area contributed by atoms with Crippen LogP contribution in [0.5, 0.6) is 0 Å². The lowest BCUT2D eigenvalue weighted by atomic mass is 10.1. The van der Waals surface area contributed by atoms with Crippen molar-refractivity contribution in [2.45, 2.75) is 0 Å². The van der Waals surface area contributed by atoms with Crippen molar-refractivity contribution in [2.75, 3.05) is 0 Å². The van der Waals surface area contributed by atoms with Gasteiger partial charge in [0, 0.05) is 5.39 Å². The molecule has 2 aromatic carbocycles. The average Bonchev–Trinajstić information content (AvgIpc) is 2.82. The van der Waals surface area contributed by atoms with Crippen molar-refractivity contribution in [3.05, 3.63) is 70.7 Å². The minimum atomic E-state index is -0.655. The molecule has 3 aromatic rings. The fraction of sp³-hybridized carbons (Fsp3) is 0. The van der Waals surface area contributed by atoms with Gasteiger partial charge in [-0.2, -0.15) is 0 Å². The second-order valence-corrected chi connectivity index (χ2v) is 4.48. The normalized spacial score (nSPS) is 10.8. The van der Waals surface area contributed by atoms with Gasteiger partial charge in [0.1, 0.15) is 11.4 Å². The number of rotatable bonds is 2. The van der Waals surface area contributed by atoms with Crippen molar-refractivity contribution in [1.82, 2.24) is 0 Å². The maximum absolute atomic E-state index is 13.7. The molecule has 0 spiro atoms. The second-order valence-electron chi connectivity index (χ2n) is 4.07. The molecule has 0 aliphatic heterocycles. The Hall–Kier alpha value is -2.13. The van der Waals surface area contributed by atoms with E-state index in [1.807, 2.05) is 12.1 Å². The standard InChI is InChI=1S/C15H8ClFO2/c16-10-5-3-6-11(17)14(10)15(18)13-8-9-4-1-2-7-12(9)19-13/h1-8H.